The van der Waals surface area contributed by atoms with E-state index in [0.717, 1.165) is 38.3 Å². The molecule has 0 saturated heterocycles. The van der Waals surface area contributed by atoms with Crippen LogP contribution in [0.1, 0.15) is 23.6 Å². The Bertz CT molecular complexity index is 607. The zero-order chi connectivity index (χ0) is 14.7. The van der Waals surface area contributed by atoms with Crippen molar-refractivity contribution < 1.29 is 4.39 Å². The van der Waals surface area contributed by atoms with Crippen LogP contribution in [0.25, 0.3) is 0 Å². The zero-order valence-electron chi connectivity index (χ0n) is 12.4. The molecule has 0 aromatic heterocycles. The monoisotopic (exact) mass is 284 g/mol. The summed E-state index contributed by atoms with van der Waals surface area (Å²) in [6, 6.07) is 13.8. The first-order valence-electron chi connectivity index (χ1n) is 7.58. The molecule has 0 amide bonds. The fourth-order valence-electron chi connectivity index (χ4n) is 2.84. The highest BCUT2D eigenvalue weighted by atomic mass is 19.1. The highest BCUT2D eigenvalue weighted by Gasteiger charge is 2.19. The van der Waals surface area contributed by atoms with Gasteiger partial charge in [-0.15, -0.1) is 0 Å². The number of rotatable bonds is 5. The standard InChI is InChI=1S/C18H21FN2/c1-2-20-12-14-3-5-15(6-4-14)13-21-10-9-16-7-8-17(19)11-18(16)21/h3-8,11,20H,2,9-10,12-13H2,1H3. The minimum absolute atomic E-state index is 0.151. The van der Waals surface area contributed by atoms with Crippen molar-refractivity contribution in [3.63, 3.8) is 0 Å². The minimum atomic E-state index is -0.151. The number of hydrogen-bond donors (Lipinski definition) is 1. The lowest BCUT2D eigenvalue weighted by Crippen LogP contribution is -2.19. The lowest BCUT2D eigenvalue weighted by atomic mass is 10.1. The number of nitrogens with zero attached hydrogens (tertiary/aromatic N) is 1. The molecule has 0 atom stereocenters. The summed E-state index contributed by atoms with van der Waals surface area (Å²) in [5, 5.41) is 3.32. The van der Waals surface area contributed by atoms with Crippen molar-refractivity contribution in [2.75, 3.05) is 18.0 Å². The van der Waals surface area contributed by atoms with E-state index < -0.39 is 0 Å². The molecule has 3 rings (SSSR count). The lowest BCUT2D eigenvalue weighted by molar-refractivity contribution is 0.627. The molecule has 0 radical (unpaired) electrons. The predicted octanol–water partition coefficient (Wildman–Crippen LogP) is 3.50. The Hall–Kier alpha value is -1.87. The van der Waals surface area contributed by atoms with Crippen LogP contribution in [0.3, 0.4) is 0 Å². The number of halogens is 1. The molecule has 1 heterocycles. The SMILES string of the molecule is CCNCc1ccc(CN2CCc3ccc(F)cc32)cc1. The second-order valence-electron chi connectivity index (χ2n) is 5.54. The van der Waals surface area contributed by atoms with Gasteiger partial charge in [-0.05, 0) is 41.8 Å². The number of anilines is 1. The number of nitrogens with one attached hydrogen (secondary N) is 1. The van der Waals surface area contributed by atoms with E-state index in [0.29, 0.717) is 0 Å². The van der Waals surface area contributed by atoms with Gasteiger partial charge in [0.2, 0.25) is 0 Å². The van der Waals surface area contributed by atoms with Crippen LogP contribution in [0, 0.1) is 5.82 Å². The Morgan fingerprint density at radius 3 is 2.62 bits per heavy atom. The summed E-state index contributed by atoms with van der Waals surface area (Å²) in [6.45, 7) is 5.82. The molecule has 0 unspecified atom stereocenters. The molecule has 2 aromatic carbocycles. The maximum atomic E-state index is 13.4. The largest absolute Gasteiger partial charge is 0.367 e. The Labute approximate surface area is 125 Å². The van der Waals surface area contributed by atoms with Gasteiger partial charge in [0.1, 0.15) is 5.82 Å². The Balaban J connectivity index is 1.69. The van der Waals surface area contributed by atoms with Crippen molar-refractivity contribution in [2.45, 2.75) is 26.4 Å². The van der Waals surface area contributed by atoms with E-state index in [1.165, 1.54) is 16.7 Å². The van der Waals surface area contributed by atoms with Crippen LogP contribution in [-0.2, 0) is 19.5 Å². The minimum Gasteiger partial charge on any atom is -0.367 e. The van der Waals surface area contributed by atoms with Crippen molar-refractivity contribution >= 4 is 5.69 Å². The Morgan fingerprint density at radius 1 is 1.10 bits per heavy atom. The highest BCUT2D eigenvalue weighted by molar-refractivity contribution is 5.58. The normalized spacial score (nSPS) is 13.5. The van der Waals surface area contributed by atoms with Gasteiger partial charge < -0.3 is 10.2 Å². The number of hydrogen-bond acceptors (Lipinski definition) is 2. The van der Waals surface area contributed by atoms with Crippen LogP contribution >= 0.6 is 0 Å². The van der Waals surface area contributed by atoms with Gasteiger partial charge in [0.05, 0.1) is 0 Å². The average Bonchev–Trinajstić information content (AvgIpc) is 2.89. The van der Waals surface area contributed by atoms with Gasteiger partial charge in [-0.25, -0.2) is 4.39 Å². The third-order valence-corrected chi connectivity index (χ3v) is 4.01. The van der Waals surface area contributed by atoms with E-state index in [2.05, 4.69) is 41.4 Å². The van der Waals surface area contributed by atoms with Crippen LogP contribution in [0.2, 0.25) is 0 Å². The fraction of sp³-hybridized carbons (Fsp3) is 0.333. The smallest absolute Gasteiger partial charge is 0.125 e. The predicted molar refractivity (Wildman–Crippen MR) is 85.0 cm³/mol. The van der Waals surface area contributed by atoms with E-state index in [4.69, 9.17) is 0 Å². The first-order chi connectivity index (χ1) is 10.3. The highest BCUT2D eigenvalue weighted by Crippen LogP contribution is 2.29. The number of benzene rings is 2. The average molecular weight is 284 g/mol. The second kappa shape index (κ2) is 6.27. The summed E-state index contributed by atoms with van der Waals surface area (Å²) in [4.78, 5) is 2.26. The fourth-order valence-corrected chi connectivity index (χ4v) is 2.84. The number of fused-ring (bicyclic) bond motifs is 1. The summed E-state index contributed by atoms with van der Waals surface area (Å²) >= 11 is 0. The topological polar surface area (TPSA) is 15.3 Å². The van der Waals surface area contributed by atoms with Gasteiger partial charge in [0, 0.05) is 25.3 Å². The molecule has 3 heteroatoms. The first kappa shape index (κ1) is 14.1. The molecule has 21 heavy (non-hydrogen) atoms. The van der Waals surface area contributed by atoms with Crippen molar-refractivity contribution in [3.8, 4) is 0 Å². The second-order valence-corrected chi connectivity index (χ2v) is 5.54. The van der Waals surface area contributed by atoms with Gasteiger partial charge in [-0.3, -0.25) is 0 Å². The van der Waals surface area contributed by atoms with Gasteiger partial charge in [-0.2, -0.15) is 0 Å². The summed E-state index contributed by atoms with van der Waals surface area (Å²) in [7, 11) is 0. The van der Waals surface area contributed by atoms with E-state index >= 15 is 0 Å². The van der Waals surface area contributed by atoms with Gasteiger partial charge >= 0.3 is 0 Å². The summed E-state index contributed by atoms with van der Waals surface area (Å²) in [5.74, 6) is -0.151. The van der Waals surface area contributed by atoms with Crippen LogP contribution in [0.5, 0.6) is 0 Å². The van der Waals surface area contributed by atoms with Crippen LogP contribution in [0.4, 0.5) is 10.1 Å². The summed E-state index contributed by atoms with van der Waals surface area (Å²) in [5.41, 5.74) is 4.87. The van der Waals surface area contributed by atoms with Crippen LogP contribution in [-0.4, -0.2) is 13.1 Å². The third-order valence-electron chi connectivity index (χ3n) is 4.01. The van der Waals surface area contributed by atoms with Gasteiger partial charge in [0.25, 0.3) is 0 Å². The quantitative estimate of drug-likeness (QED) is 0.904. The molecule has 110 valence electrons. The van der Waals surface area contributed by atoms with Crippen LogP contribution < -0.4 is 10.2 Å². The molecule has 1 aliphatic heterocycles. The molecule has 0 fully saturated rings. The van der Waals surface area contributed by atoms with Crippen molar-refractivity contribution in [1.82, 2.24) is 5.32 Å². The summed E-state index contributed by atoms with van der Waals surface area (Å²) in [6.07, 6.45) is 1.01. The molecular formula is C18H21FN2. The van der Waals surface area contributed by atoms with E-state index in [-0.39, 0.29) is 5.82 Å². The Kier molecular flexibility index (Phi) is 4.20. The lowest BCUT2D eigenvalue weighted by Gasteiger charge is -2.19. The third kappa shape index (κ3) is 3.24. The molecule has 2 nitrogen and oxygen atoms in total. The van der Waals surface area contributed by atoms with Gasteiger partial charge in [-0.1, -0.05) is 37.3 Å². The van der Waals surface area contributed by atoms with Crippen LogP contribution in [0.15, 0.2) is 42.5 Å². The molecule has 0 saturated carbocycles. The molecule has 0 spiro atoms. The van der Waals surface area contributed by atoms with E-state index in [9.17, 15) is 4.39 Å². The molecule has 1 aliphatic rings. The maximum absolute atomic E-state index is 13.4. The Morgan fingerprint density at radius 2 is 1.86 bits per heavy atom. The summed E-state index contributed by atoms with van der Waals surface area (Å²) < 4.78 is 13.4. The molecule has 1 N–H and O–H groups in total. The van der Waals surface area contributed by atoms with Crippen molar-refractivity contribution in [2.24, 2.45) is 0 Å². The zero-order valence-corrected chi connectivity index (χ0v) is 12.4. The molecular weight excluding hydrogens is 263 g/mol. The maximum Gasteiger partial charge on any atom is 0.125 e. The first-order valence-corrected chi connectivity index (χ1v) is 7.58. The molecule has 0 bridgehead atoms. The molecule has 0 aliphatic carbocycles. The van der Waals surface area contributed by atoms with Crippen molar-refractivity contribution in [3.05, 3.63) is 65.0 Å². The van der Waals surface area contributed by atoms with E-state index in [1.54, 1.807) is 12.1 Å². The molecule has 2 aromatic rings. The van der Waals surface area contributed by atoms with E-state index in [1.807, 2.05) is 6.07 Å². The van der Waals surface area contributed by atoms with Crippen molar-refractivity contribution in [1.29, 1.82) is 0 Å². The van der Waals surface area contributed by atoms with Gasteiger partial charge in [0.15, 0.2) is 0 Å².